The standard InChI is InChI=1S/C14H15ClN4OS/c15-10-3-1-4-11(13(10)19-7-2-5-17-19)18-14(20)12-9-21-8-6-16-12/h1-5,7,12,16H,6,8-9H2,(H,18,20). The van der Waals surface area contributed by atoms with Crippen molar-refractivity contribution in [2.75, 3.05) is 23.4 Å². The van der Waals surface area contributed by atoms with Crippen LogP contribution < -0.4 is 10.6 Å². The number of benzene rings is 1. The number of nitrogens with one attached hydrogen (secondary N) is 2. The van der Waals surface area contributed by atoms with Gasteiger partial charge in [-0.1, -0.05) is 17.7 Å². The maximum absolute atomic E-state index is 12.3. The first-order valence-electron chi connectivity index (χ1n) is 6.66. The Morgan fingerprint density at radius 1 is 1.48 bits per heavy atom. The second-order valence-corrected chi connectivity index (χ2v) is 6.21. The van der Waals surface area contributed by atoms with E-state index in [2.05, 4.69) is 15.7 Å². The zero-order valence-electron chi connectivity index (χ0n) is 11.3. The van der Waals surface area contributed by atoms with Crippen LogP contribution in [-0.4, -0.2) is 39.8 Å². The van der Waals surface area contributed by atoms with Crippen LogP contribution in [0.3, 0.4) is 0 Å². The van der Waals surface area contributed by atoms with E-state index in [9.17, 15) is 4.79 Å². The quantitative estimate of drug-likeness (QED) is 0.909. The molecule has 2 N–H and O–H groups in total. The van der Waals surface area contributed by atoms with Crippen LogP contribution in [-0.2, 0) is 4.79 Å². The maximum Gasteiger partial charge on any atom is 0.242 e. The molecule has 21 heavy (non-hydrogen) atoms. The lowest BCUT2D eigenvalue weighted by Crippen LogP contribution is -2.46. The normalized spacial score (nSPS) is 18.4. The fraction of sp³-hybridized carbons (Fsp3) is 0.286. The van der Waals surface area contributed by atoms with Gasteiger partial charge in [-0.3, -0.25) is 4.79 Å². The molecule has 1 saturated heterocycles. The van der Waals surface area contributed by atoms with Crippen molar-refractivity contribution < 1.29 is 4.79 Å². The van der Waals surface area contributed by atoms with Gasteiger partial charge >= 0.3 is 0 Å². The molecule has 1 amide bonds. The SMILES string of the molecule is O=C(Nc1cccc(Cl)c1-n1cccn1)C1CSCCN1. The molecule has 1 atom stereocenters. The molecule has 2 heterocycles. The number of nitrogens with zero attached hydrogens (tertiary/aromatic N) is 2. The summed E-state index contributed by atoms with van der Waals surface area (Å²) in [5.74, 6) is 1.78. The van der Waals surface area contributed by atoms with Crippen LogP contribution in [0.25, 0.3) is 5.69 Å². The minimum Gasteiger partial charge on any atom is -0.323 e. The number of rotatable bonds is 3. The molecule has 0 aliphatic carbocycles. The second kappa shape index (κ2) is 6.51. The molecular formula is C14H15ClN4OS. The molecule has 1 aromatic heterocycles. The molecule has 3 rings (SSSR count). The molecule has 5 nitrogen and oxygen atoms in total. The average molecular weight is 323 g/mol. The first-order valence-corrected chi connectivity index (χ1v) is 8.19. The summed E-state index contributed by atoms with van der Waals surface area (Å²) in [7, 11) is 0. The van der Waals surface area contributed by atoms with Gasteiger partial charge in [-0.05, 0) is 18.2 Å². The van der Waals surface area contributed by atoms with Crippen LogP contribution in [0.1, 0.15) is 0 Å². The Bertz CT molecular complexity index is 626. The van der Waals surface area contributed by atoms with Crippen LogP contribution >= 0.6 is 23.4 Å². The molecule has 7 heteroatoms. The number of hydrogen-bond acceptors (Lipinski definition) is 4. The Balaban J connectivity index is 1.85. The highest BCUT2D eigenvalue weighted by atomic mass is 35.5. The number of halogens is 1. The first-order chi connectivity index (χ1) is 10.3. The van der Waals surface area contributed by atoms with Crippen LogP contribution in [0.4, 0.5) is 5.69 Å². The monoisotopic (exact) mass is 322 g/mol. The molecule has 1 aliphatic rings. The topological polar surface area (TPSA) is 59.0 Å². The number of amides is 1. The van der Waals surface area contributed by atoms with Crippen molar-refractivity contribution in [2.24, 2.45) is 0 Å². The number of thioether (sulfide) groups is 1. The number of hydrogen-bond donors (Lipinski definition) is 2. The van der Waals surface area contributed by atoms with Gasteiger partial charge < -0.3 is 10.6 Å². The lowest BCUT2D eigenvalue weighted by atomic mass is 10.2. The van der Waals surface area contributed by atoms with E-state index in [-0.39, 0.29) is 11.9 Å². The largest absolute Gasteiger partial charge is 0.323 e. The summed E-state index contributed by atoms with van der Waals surface area (Å²) < 4.78 is 1.65. The average Bonchev–Trinajstić information content (AvgIpc) is 3.02. The molecule has 0 saturated carbocycles. The zero-order valence-corrected chi connectivity index (χ0v) is 12.8. The molecule has 0 bridgehead atoms. The Kier molecular flexibility index (Phi) is 4.48. The van der Waals surface area contributed by atoms with E-state index in [0.29, 0.717) is 16.4 Å². The van der Waals surface area contributed by atoms with Crippen molar-refractivity contribution in [3.8, 4) is 5.69 Å². The van der Waals surface area contributed by atoms with E-state index >= 15 is 0 Å². The summed E-state index contributed by atoms with van der Waals surface area (Å²) in [6.07, 6.45) is 3.47. The highest BCUT2D eigenvalue weighted by Gasteiger charge is 2.22. The van der Waals surface area contributed by atoms with Gasteiger partial charge in [-0.15, -0.1) is 0 Å². The Labute approximate surface area is 132 Å². The van der Waals surface area contributed by atoms with Gasteiger partial charge in [0.25, 0.3) is 0 Å². The molecule has 0 spiro atoms. The van der Waals surface area contributed by atoms with Gasteiger partial charge in [0, 0.05) is 30.4 Å². The molecule has 1 fully saturated rings. The summed E-state index contributed by atoms with van der Waals surface area (Å²) in [5, 5.41) is 10.9. The summed E-state index contributed by atoms with van der Waals surface area (Å²) in [6.45, 7) is 0.852. The highest BCUT2D eigenvalue weighted by Crippen LogP contribution is 2.28. The van der Waals surface area contributed by atoms with Gasteiger partial charge in [0.1, 0.15) is 5.69 Å². The molecule has 110 valence electrons. The van der Waals surface area contributed by atoms with Gasteiger partial charge in [-0.2, -0.15) is 16.9 Å². The van der Waals surface area contributed by atoms with Crippen molar-refractivity contribution in [1.82, 2.24) is 15.1 Å². The lowest BCUT2D eigenvalue weighted by molar-refractivity contribution is -0.117. The van der Waals surface area contributed by atoms with Crippen LogP contribution in [0.2, 0.25) is 5.02 Å². The van der Waals surface area contributed by atoms with Crippen molar-refractivity contribution in [3.63, 3.8) is 0 Å². The van der Waals surface area contributed by atoms with E-state index in [1.54, 1.807) is 34.9 Å². The minimum absolute atomic E-state index is 0.0436. The Morgan fingerprint density at radius 3 is 3.10 bits per heavy atom. The van der Waals surface area contributed by atoms with E-state index < -0.39 is 0 Å². The fourth-order valence-electron chi connectivity index (χ4n) is 2.20. The third-order valence-corrected chi connectivity index (χ3v) is 4.58. The third kappa shape index (κ3) is 3.23. The van der Waals surface area contributed by atoms with Crippen LogP contribution in [0, 0.1) is 0 Å². The van der Waals surface area contributed by atoms with Crippen molar-refractivity contribution >= 4 is 35.0 Å². The molecule has 1 aromatic carbocycles. The summed E-state index contributed by atoms with van der Waals surface area (Å²) in [6, 6.07) is 7.07. The number of para-hydroxylation sites is 1. The minimum atomic E-state index is -0.173. The van der Waals surface area contributed by atoms with Gasteiger partial charge in [0.05, 0.1) is 16.8 Å². The fourth-order valence-corrected chi connectivity index (χ4v) is 3.40. The summed E-state index contributed by atoms with van der Waals surface area (Å²) >= 11 is 8.04. The number of carbonyl (C=O) groups is 1. The zero-order chi connectivity index (χ0) is 14.7. The van der Waals surface area contributed by atoms with Crippen LogP contribution in [0.15, 0.2) is 36.7 Å². The summed E-state index contributed by atoms with van der Waals surface area (Å²) in [5.41, 5.74) is 1.34. The van der Waals surface area contributed by atoms with E-state index in [1.807, 2.05) is 18.2 Å². The third-order valence-electron chi connectivity index (χ3n) is 3.22. The molecule has 0 radical (unpaired) electrons. The number of carbonyl (C=O) groups excluding carboxylic acids is 1. The van der Waals surface area contributed by atoms with Gasteiger partial charge in [0.15, 0.2) is 0 Å². The van der Waals surface area contributed by atoms with E-state index in [0.717, 1.165) is 18.1 Å². The van der Waals surface area contributed by atoms with Crippen molar-refractivity contribution in [2.45, 2.75) is 6.04 Å². The van der Waals surface area contributed by atoms with Crippen LogP contribution in [0.5, 0.6) is 0 Å². The van der Waals surface area contributed by atoms with E-state index in [4.69, 9.17) is 11.6 Å². The lowest BCUT2D eigenvalue weighted by Gasteiger charge is -2.23. The molecular weight excluding hydrogens is 308 g/mol. The van der Waals surface area contributed by atoms with Gasteiger partial charge in [0.2, 0.25) is 5.91 Å². The number of anilines is 1. The van der Waals surface area contributed by atoms with Gasteiger partial charge in [-0.25, -0.2) is 4.68 Å². The molecule has 1 unspecified atom stereocenters. The predicted molar refractivity (Wildman–Crippen MR) is 86.3 cm³/mol. The predicted octanol–water partition coefficient (Wildman–Crippen LogP) is 2.17. The van der Waals surface area contributed by atoms with E-state index in [1.165, 1.54) is 0 Å². The maximum atomic E-state index is 12.3. The smallest absolute Gasteiger partial charge is 0.242 e. The number of aromatic nitrogens is 2. The summed E-state index contributed by atoms with van der Waals surface area (Å²) in [4.78, 5) is 12.3. The van der Waals surface area contributed by atoms with Crippen molar-refractivity contribution in [3.05, 3.63) is 41.7 Å². The molecule has 2 aromatic rings. The molecule has 1 aliphatic heterocycles. The van der Waals surface area contributed by atoms with Crippen molar-refractivity contribution in [1.29, 1.82) is 0 Å². The Hall–Kier alpha value is -1.50. The second-order valence-electron chi connectivity index (χ2n) is 4.66. The Morgan fingerprint density at radius 2 is 2.38 bits per heavy atom. The highest BCUT2D eigenvalue weighted by molar-refractivity contribution is 7.99. The first kappa shape index (κ1) is 14.4.